The molecule has 0 amide bonds. The van der Waals surface area contributed by atoms with E-state index in [-0.39, 0.29) is 5.82 Å². The molecule has 0 spiro atoms. The summed E-state index contributed by atoms with van der Waals surface area (Å²) in [6.45, 7) is 0.645. The van der Waals surface area contributed by atoms with Gasteiger partial charge in [0.1, 0.15) is 5.82 Å². The van der Waals surface area contributed by atoms with Crippen LogP contribution in [0, 0.1) is 5.82 Å². The molecule has 0 fully saturated rings. The lowest BCUT2D eigenvalue weighted by molar-refractivity contribution is 0.627. The van der Waals surface area contributed by atoms with Crippen LogP contribution in [0.4, 0.5) is 10.1 Å². The first-order valence-corrected chi connectivity index (χ1v) is 6.00. The third kappa shape index (κ3) is 2.68. The molecule has 19 heavy (non-hydrogen) atoms. The van der Waals surface area contributed by atoms with Crippen molar-refractivity contribution in [2.24, 2.45) is 0 Å². The van der Waals surface area contributed by atoms with E-state index >= 15 is 0 Å². The summed E-state index contributed by atoms with van der Waals surface area (Å²) in [6, 6.07) is 12.3. The van der Waals surface area contributed by atoms with Gasteiger partial charge < -0.3 is 5.32 Å². The molecule has 0 unspecified atom stereocenters. The van der Waals surface area contributed by atoms with E-state index in [2.05, 4.69) is 15.3 Å². The number of hydrogen-bond donors (Lipinski definition) is 1. The molecule has 0 aliphatic rings. The minimum absolute atomic E-state index is 0.218. The predicted octanol–water partition coefficient (Wildman–Crippen LogP) is 3.38. The molecule has 0 saturated heterocycles. The highest BCUT2D eigenvalue weighted by Gasteiger charge is 1.98. The van der Waals surface area contributed by atoms with Crippen LogP contribution in [0.15, 0.2) is 54.9 Å². The van der Waals surface area contributed by atoms with E-state index < -0.39 is 0 Å². The van der Waals surface area contributed by atoms with Crippen molar-refractivity contribution >= 4 is 16.7 Å². The van der Waals surface area contributed by atoms with Gasteiger partial charge in [-0.15, -0.1) is 0 Å². The van der Waals surface area contributed by atoms with E-state index in [0.717, 1.165) is 22.3 Å². The SMILES string of the molecule is Fc1ccc(CNc2ccc3nccnc3c2)cc1. The van der Waals surface area contributed by atoms with Crippen LogP contribution in [0.25, 0.3) is 11.0 Å². The summed E-state index contributed by atoms with van der Waals surface area (Å²) in [6.07, 6.45) is 3.35. The Morgan fingerprint density at radius 2 is 1.63 bits per heavy atom. The Bertz CT molecular complexity index is 695. The largest absolute Gasteiger partial charge is 0.381 e. The number of anilines is 1. The summed E-state index contributed by atoms with van der Waals surface area (Å²) < 4.78 is 12.8. The second-order valence-electron chi connectivity index (χ2n) is 4.24. The molecule has 94 valence electrons. The summed E-state index contributed by atoms with van der Waals surface area (Å²) in [4.78, 5) is 8.47. The molecule has 1 aromatic heterocycles. The Labute approximate surface area is 110 Å². The minimum Gasteiger partial charge on any atom is -0.381 e. The van der Waals surface area contributed by atoms with Crippen molar-refractivity contribution in [3.05, 3.63) is 66.2 Å². The normalized spacial score (nSPS) is 10.6. The number of fused-ring (bicyclic) bond motifs is 1. The summed E-state index contributed by atoms with van der Waals surface area (Å²) in [5.41, 5.74) is 3.72. The number of nitrogens with zero attached hydrogens (tertiary/aromatic N) is 2. The Kier molecular flexibility index (Phi) is 3.06. The first kappa shape index (κ1) is 11.6. The van der Waals surface area contributed by atoms with Crippen LogP contribution in [-0.4, -0.2) is 9.97 Å². The standard InChI is InChI=1S/C15H12FN3/c16-12-3-1-11(2-4-12)10-19-13-5-6-14-15(9-13)18-8-7-17-14/h1-9,19H,10H2. The predicted molar refractivity (Wildman–Crippen MR) is 73.3 cm³/mol. The number of benzene rings is 2. The molecule has 3 nitrogen and oxygen atoms in total. The van der Waals surface area contributed by atoms with E-state index in [0.29, 0.717) is 6.54 Å². The van der Waals surface area contributed by atoms with Gasteiger partial charge in [0.2, 0.25) is 0 Å². The van der Waals surface area contributed by atoms with Gasteiger partial charge in [-0.1, -0.05) is 12.1 Å². The number of halogens is 1. The summed E-state index contributed by atoms with van der Waals surface area (Å²) in [5, 5.41) is 3.28. The first-order valence-electron chi connectivity index (χ1n) is 6.00. The Balaban J connectivity index is 1.76. The fraction of sp³-hybridized carbons (Fsp3) is 0.0667. The van der Waals surface area contributed by atoms with Gasteiger partial charge in [0.05, 0.1) is 11.0 Å². The third-order valence-electron chi connectivity index (χ3n) is 2.88. The maximum absolute atomic E-state index is 12.8. The lowest BCUT2D eigenvalue weighted by atomic mass is 10.2. The van der Waals surface area contributed by atoms with Gasteiger partial charge in [0, 0.05) is 24.6 Å². The second kappa shape index (κ2) is 5.02. The molecule has 1 heterocycles. The Hall–Kier alpha value is -2.49. The minimum atomic E-state index is -0.218. The highest BCUT2D eigenvalue weighted by atomic mass is 19.1. The molecular formula is C15H12FN3. The van der Waals surface area contributed by atoms with Crippen LogP contribution in [-0.2, 0) is 6.54 Å². The van der Waals surface area contributed by atoms with Gasteiger partial charge in [-0.25, -0.2) is 4.39 Å². The fourth-order valence-electron chi connectivity index (χ4n) is 1.88. The average Bonchev–Trinajstić information content (AvgIpc) is 2.46. The van der Waals surface area contributed by atoms with Crippen LogP contribution in [0.2, 0.25) is 0 Å². The van der Waals surface area contributed by atoms with Crippen molar-refractivity contribution in [1.82, 2.24) is 9.97 Å². The van der Waals surface area contributed by atoms with Gasteiger partial charge in [0.25, 0.3) is 0 Å². The van der Waals surface area contributed by atoms with E-state index in [1.54, 1.807) is 24.5 Å². The van der Waals surface area contributed by atoms with Crippen molar-refractivity contribution in [2.45, 2.75) is 6.54 Å². The molecule has 3 aromatic rings. The van der Waals surface area contributed by atoms with E-state index in [1.165, 1.54) is 12.1 Å². The van der Waals surface area contributed by atoms with Crippen LogP contribution < -0.4 is 5.32 Å². The molecular weight excluding hydrogens is 241 g/mol. The molecule has 1 N–H and O–H groups in total. The van der Waals surface area contributed by atoms with Crippen molar-refractivity contribution in [3.63, 3.8) is 0 Å². The maximum atomic E-state index is 12.8. The number of nitrogens with one attached hydrogen (secondary N) is 1. The van der Waals surface area contributed by atoms with Crippen LogP contribution >= 0.6 is 0 Å². The zero-order valence-corrected chi connectivity index (χ0v) is 10.2. The average molecular weight is 253 g/mol. The highest BCUT2D eigenvalue weighted by molar-refractivity contribution is 5.78. The number of hydrogen-bond acceptors (Lipinski definition) is 3. The van der Waals surface area contributed by atoms with E-state index in [4.69, 9.17) is 0 Å². The van der Waals surface area contributed by atoms with Gasteiger partial charge in [-0.3, -0.25) is 9.97 Å². The molecule has 0 aliphatic carbocycles. The van der Waals surface area contributed by atoms with E-state index in [1.807, 2.05) is 18.2 Å². The summed E-state index contributed by atoms with van der Waals surface area (Å²) in [5.74, 6) is -0.218. The lowest BCUT2D eigenvalue weighted by Gasteiger charge is -2.07. The second-order valence-corrected chi connectivity index (χ2v) is 4.24. The van der Waals surface area contributed by atoms with Crippen LogP contribution in [0.1, 0.15) is 5.56 Å². The van der Waals surface area contributed by atoms with Gasteiger partial charge in [-0.05, 0) is 35.9 Å². The molecule has 4 heteroatoms. The van der Waals surface area contributed by atoms with Crippen molar-refractivity contribution in [3.8, 4) is 0 Å². The van der Waals surface area contributed by atoms with Gasteiger partial charge in [0.15, 0.2) is 0 Å². The number of aromatic nitrogens is 2. The topological polar surface area (TPSA) is 37.8 Å². The van der Waals surface area contributed by atoms with Crippen molar-refractivity contribution in [2.75, 3.05) is 5.32 Å². The molecule has 0 aliphatic heterocycles. The van der Waals surface area contributed by atoms with Crippen LogP contribution in [0.5, 0.6) is 0 Å². The highest BCUT2D eigenvalue weighted by Crippen LogP contribution is 2.16. The molecule has 2 aromatic carbocycles. The van der Waals surface area contributed by atoms with E-state index in [9.17, 15) is 4.39 Å². The van der Waals surface area contributed by atoms with Gasteiger partial charge >= 0.3 is 0 Å². The summed E-state index contributed by atoms with van der Waals surface area (Å²) in [7, 11) is 0. The smallest absolute Gasteiger partial charge is 0.123 e. The molecule has 0 atom stereocenters. The Morgan fingerprint density at radius 1 is 0.895 bits per heavy atom. The Morgan fingerprint density at radius 3 is 2.42 bits per heavy atom. The lowest BCUT2D eigenvalue weighted by Crippen LogP contribution is -1.99. The maximum Gasteiger partial charge on any atom is 0.123 e. The van der Waals surface area contributed by atoms with Crippen molar-refractivity contribution < 1.29 is 4.39 Å². The monoisotopic (exact) mass is 253 g/mol. The van der Waals surface area contributed by atoms with Gasteiger partial charge in [-0.2, -0.15) is 0 Å². The number of rotatable bonds is 3. The van der Waals surface area contributed by atoms with Crippen LogP contribution in [0.3, 0.4) is 0 Å². The first-order chi connectivity index (χ1) is 9.31. The zero-order valence-electron chi connectivity index (χ0n) is 10.2. The molecule has 0 bridgehead atoms. The molecule has 0 saturated carbocycles. The molecule has 0 radical (unpaired) electrons. The van der Waals surface area contributed by atoms with Crippen molar-refractivity contribution in [1.29, 1.82) is 0 Å². The quantitative estimate of drug-likeness (QED) is 0.777. The molecule has 3 rings (SSSR count). The fourth-order valence-corrected chi connectivity index (χ4v) is 1.88. The third-order valence-corrected chi connectivity index (χ3v) is 2.88. The zero-order chi connectivity index (χ0) is 13.1. The summed E-state index contributed by atoms with van der Waals surface area (Å²) >= 11 is 0.